The lowest BCUT2D eigenvalue weighted by Crippen LogP contribution is -2.66. The van der Waals surface area contributed by atoms with E-state index in [1.54, 1.807) is 0 Å². The molecule has 0 unspecified atom stereocenters. The Morgan fingerprint density at radius 2 is 1.93 bits per heavy atom. The van der Waals surface area contributed by atoms with E-state index in [0.29, 0.717) is 13.0 Å². The van der Waals surface area contributed by atoms with Gasteiger partial charge in [-0.25, -0.2) is 9.59 Å². The van der Waals surface area contributed by atoms with Gasteiger partial charge in [-0.05, 0) is 36.8 Å². The Kier molecular flexibility index (Phi) is 5.92. The number of carbonyl (C=O) groups is 2. The molecular weight excluding hydrogens is 354 g/mol. The van der Waals surface area contributed by atoms with Crippen molar-refractivity contribution in [3.8, 4) is 5.75 Å². The lowest BCUT2D eigenvalue weighted by molar-refractivity contribution is -0.384. The van der Waals surface area contributed by atoms with Crippen molar-refractivity contribution in [2.24, 2.45) is 5.41 Å². The molecule has 0 bridgehead atoms. The number of nitro groups is 1. The van der Waals surface area contributed by atoms with Crippen molar-refractivity contribution in [1.82, 2.24) is 10.2 Å². The van der Waals surface area contributed by atoms with Gasteiger partial charge in [0.25, 0.3) is 5.69 Å². The summed E-state index contributed by atoms with van der Waals surface area (Å²) in [7, 11) is 0. The van der Waals surface area contributed by atoms with Gasteiger partial charge in [-0.15, -0.1) is 0 Å². The van der Waals surface area contributed by atoms with E-state index in [0.717, 1.165) is 12.8 Å². The van der Waals surface area contributed by atoms with E-state index >= 15 is 0 Å². The number of nitrogens with one attached hydrogen (secondary N) is 1. The van der Waals surface area contributed by atoms with Crippen LogP contribution in [0.25, 0.3) is 0 Å². The molecule has 1 saturated heterocycles. The summed E-state index contributed by atoms with van der Waals surface area (Å²) in [6.45, 7) is 6.41. The second-order valence-corrected chi connectivity index (χ2v) is 7.67. The maximum Gasteiger partial charge on any atom is 0.412 e. The van der Waals surface area contributed by atoms with Gasteiger partial charge in [-0.3, -0.25) is 10.1 Å². The van der Waals surface area contributed by atoms with Crippen molar-refractivity contribution in [2.45, 2.75) is 45.6 Å². The molecule has 1 aliphatic heterocycles. The summed E-state index contributed by atoms with van der Waals surface area (Å²) in [4.78, 5) is 35.5. The summed E-state index contributed by atoms with van der Waals surface area (Å²) >= 11 is 0. The van der Waals surface area contributed by atoms with Crippen LogP contribution in [-0.2, 0) is 0 Å². The molecule has 27 heavy (non-hydrogen) atoms. The van der Waals surface area contributed by atoms with Crippen LogP contribution >= 0.6 is 0 Å². The number of amides is 2. The van der Waals surface area contributed by atoms with Crippen LogP contribution in [-0.4, -0.2) is 45.7 Å². The number of rotatable bonds is 4. The minimum Gasteiger partial charge on any atom is -0.465 e. The SMILES string of the molecule is CC(C)(C)[C@@]1(CNC(=O)Oc2ccc([N+](=O)[O-])cc2)CCCCN1C(=O)O. The van der Waals surface area contributed by atoms with Gasteiger partial charge < -0.3 is 20.1 Å². The molecule has 148 valence electrons. The number of hydrogen-bond acceptors (Lipinski definition) is 5. The summed E-state index contributed by atoms with van der Waals surface area (Å²) < 4.78 is 5.15. The first kappa shape index (κ1) is 20.5. The fraction of sp³-hybridized carbons (Fsp3) is 0.556. The average Bonchev–Trinajstić information content (AvgIpc) is 2.59. The van der Waals surface area contributed by atoms with E-state index < -0.39 is 28.1 Å². The molecule has 2 amide bonds. The molecule has 2 rings (SSSR count). The van der Waals surface area contributed by atoms with Gasteiger partial charge in [-0.2, -0.15) is 0 Å². The second kappa shape index (κ2) is 7.81. The van der Waals surface area contributed by atoms with Crippen LogP contribution in [0.2, 0.25) is 0 Å². The lowest BCUT2D eigenvalue weighted by atomic mass is 9.68. The zero-order chi connectivity index (χ0) is 20.2. The number of nitrogens with zero attached hydrogens (tertiary/aromatic N) is 2. The molecule has 2 N–H and O–H groups in total. The number of non-ortho nitro benzene ring substituents is 1. The van der Waals surface area contributed by atoms with Crippen molar-refractivity contribution < 1.29 is 24.4 Å². The third-order valence-corrected chi connectivity index (χ3v) is 5.15. The Balaban J connectivity index is 2.09. The van der Waals surface area contributed by atoms with E-state index in [9.17, 15) is 24.8 Å². The molecule has 0 saturated carbocycles. The van der Waals surface area contributed by atoms with Gasteiger partial charge >= 0.3 is 12.2 Å². The standard InChI is InChI=1S/C18H25N3O6/c1-17(2,3)18(10-4-5-11-20(18)16(23)24)12-19-15(22)27-14-8-6-13(7-9-14)21(25)26/h6-9H,4-5,10-12H2,1-3H3,(H,19,22)(H,23,24)/t18-/m0/s1. The van der Waals surface area contributed by atoms with Crippen LogP contribution in [0.5, 0.6) is 5.75 Å². The third kappa shape index (κ3) is 4.47. The summed E-state index contributed by atoms with van der Waals surface area (Å²) in [6, 6.07) is 5.15. The molecular formula is C18H25N3O6. The highest BCUT2D eigenvalue weighted by molar-refractivity contribution is 5.71. The molecule has 1 heterocycles. The minimum atomic E-state index is -1.00. The number of nitro benzene ring substituents is 1. The van der Waals surface area contributed by atoms with Crippen molar-refractivity contribution in [2.75, 3.05) is 13.1 Å². The lowest BCUT2D eigenvalue weighted by Gasteiger charge is -2.53. The number of carboxylic acid groups (broad SMARTS) is 1. The number of piperidine rings is 1. The van der Waals surface area contributed by atoms with Crippen LogP contribution in [0.3, 0.4) is 0 Å². The van der Waals surface area contributed by atoms with Gasteiger partial charge in [0, 0.05) is 25.2 Å². The molecule has 0 spiro atoms. The van der Waals surface area contributed by atoms with E-state index in [4.69, 9.17) is 4.74 Å². The highest BCUT2D eigenvalue weighted by Gasteiger charge is 2.50. The minimum absolute atomic E-state index is 0.103. The number of carbonyl (C=O) groups excluding carboxylic acids is 1. The van der Waals surface area contributed by atoms with E-state index in [2.05, 4.69) is 5.32 Å². The van der Waals surface area contributed by atoms with E-state index in [1.807, 2.05) is 20.8 Å². The van der Waals surface area contributed by atoms with E-state index in [1.165, 1.54) is 29.2 Å². The summed E-state index contributed by atoms with van der Waals surface area (Å²) in [5, 5.41) is 23.0. The normalized spacial score (nSPS) is 20.0. The molecule has 0 aromatic heterocycles. The van der Waals surface area contributed by atoms with Crippen molar-refractivity contribution in [3.05, 3.63) is 34.4 Å². The van der Waals surface area contributed by atoms with Crippen LogP contribution < -0.4 is 10.1 Å². The van der Waals surface area contributed by atoms with Crippen LogP contribution in [0.4, 0.5) is 15.3 Å². The van der Waals surface area contributed by atoms with Crippen LogP contribution in [0.15, 0.2) is 24.3 Å². The summed E-state index contributed by atoms with van der Waals surface area (Å²) in [5.74, 6) is 0.168. The highest BCUT2D eigenvalue weighted by atomic mass is 16.6. The second-order valence-electron chi connectivity index (χ2n) is 7.67. The molecule has 1 fully saturated rings. The zero-order valence-corrected chi connectivity index (χ0v) is 15.7. The number of hydrogen-bond donors (Lipinski definition) is 2. The topological polar surface area (TPSA) is 122 Å². The maximum absolute atomic E-state index is 12.2. The van der Waals surface area contributed by atoms with Crippen molar-refractivity contribution in [3.63, 3.8) is 0 Å². The van der Waals surface area contributed by atoms with Crippen LogP contribution in [0, 0.1) is 15.5 Å². The monoisotopic (exact) mass is 379 g/mol. The fourth-order valence-corrected chi connectivity index (χ4v) is 3.54. The van der Waals surface area contributed by atoms with Gasteiger partial charge in [0.05, 0.1) is 10.5 Å². The summed E-state index contributed by atoms with van der Waals surface area (Å²) in [6.07, 6.45) is 0.566. The highest BCUT2D eigenvalue weighted by Crippen LogP contribution is 2.42. The quantitative estimate of drug-likeness (QED) is 0.608. The zero-order valence-electron chi connectivity index (χ0n) is 15.7. The first-order valence-electron chi connectivity index (χ1n) is 8.77. The Morgan fingerprint density at radius 1 is 1.30 bits per heavy atom. The van der Waals surface area contributed by atoms with Crippen molar-refractivity contribution >= 4 is 17.9 Å². The Morgan fingerprint density at radius 3 is 2.44 bits per heavy atom. The Labute approximate surface area is 157 Å². The molecule has 1 aromatic carbocycles. The third-order valence-electron chi connectivity index (χ3n) is 5.15. The molecule has 9 nitrogen and oxygen atoms in total. The maximum atomic E-state index is 12.2. The largest absolute Gasteiger partial charge is 0.465 e. The van der Waals surface area contributed by atoms with Gasteiger partial charge in [0.2, 0.25) is 0 Å². The number of benzene rings is 1. The van der Waals surface area contributed by atoms with Crippen molar-refractivity contribution in [1.29, 1.82) is 0 Å². The predicted octanol–water partition coefficient (Wildman–Crippen LogP) is 3.63. The first-order valence-corrected chi connectivity index (χ1v) is 8.77. The first-order chi connectivity index (χ1) is 12.6. The van der Waals surface area contributed by atoms with E-state index in [-0.39, 0.29) is 18.0 Å². The average molecular weight is 379 g/mol. The smallest absolute Gasteiger partial charge is 0.412 e. The van der Waals surface area contributed by atoms with Gasteiger partial charge in [0.15, 0.2) is 0 Å². The molecule has 0 aliphatic carbocycles. The predicted molar refractivity (Wildman–Crippen MR) is 97.9 cm³/mol. The molecule has 9 heteroatoms. The Hall–Kier alpha value is -2.84. The summed E-state index contributed by atoms with van der Waals surface area (Å²) in [5.41, 5.74) is -1.24. The molecule has 1 aromatic rings. The van der Waals surface area contributed by atoms with Gasteiger partial charge in [-0.1, -0.05) is 20.8 Å². The fourth-order valence-electron chi connectivity index (χ4n) is 3.54. The van der Waals surface area contributed by atoms with Crippen LogP contribution in [0.1, 0.15) is 40.0 Å². The van der Waals surface area contributed by atoms with Gasteiger partial charge in [0.1, 0.15) is 5.75 Å². The number of ether oxygens (including phenoxy) is 1. The molecule has 1 aliphatic rings. The molecule has 1 atom stereocenters. The Bertz CT molecular complexity index is 713. The molecule has 0 radical (unpaired) electrons. The number of likely N-dealkylation sites (tertiary alicyclic amines) is 1.